The number of ether oxygens (including phenoxy) is 1. The summed E-state index contributed by atoms with van der Waals surface area (Å²) in [6, 6.07) is 0. The highest BCUT2D eigenvalue weighted by Gasteiger charge is 2.48. The number of nitrogens with one attached hydrogen (secondary N) is 1. The van der Waals surface area contributed by atoms with Crippen LogP contribution in [0.5, 0.6) is 0 Å². The van der Waals surface area contributed by atoms with Crippen molar-refractivity contribution < 1.29 is 34.0 Å². The van der Waals surface area contributed by atoms with Crippen molar-refractivity contribution in [1.82, 2.24) is 9.55 Å². The first-order valence-electron chi connectivity index (χ1n) is 9.13. The zero-order valence-corrected chi connectivity index (χ0v) is 19.2. The Morgan fingerprint density at radius 3 is 2.48 bits per heavy atom. The van der Waals surface area contributed by atoms with E-state index < -0.39 is 54.8 Å². The fourth-order valence-electron chi connectivity index (χ4n) is 3.17. The molecule has 0 aliphatic carbocycles. The normalized spacial score (nSPS) is 28.3. The summed E-state index contributed by atoms with van der Waals surface area (Å²) in [6.45, 7) is 4.60. The molecular formula is C16H26IN2O9P. The summed E-state index contributed by atoms with van der Waals surface area (Å²) < 4.78 is 24.4. The summed E-state index contributed by atoms with van der Waals surface area (Å²) in [5, 5.41) is 29.0. The molecule has 1 aliphatic rings. The van der Waals surface area contributed by atoms with E-state index in [2.05, 4.69) is 4.98 Å². The predicted molar refractivity (Wildman–Crippen MR) is 110 cm³/mol. The van der Waals surface area contributed by atoms with Crippen LogP contribution in [0.3, 0.4) is 0 Å². The van der Waals surface area contributed by atoms with Gasteiger partial charge >= 0.3 is 13.3 Å². The molecule has 2 rings (SSSR count). The molecule has 2 heterocycles. The van der Waals surface area contributed by atoms with Crippen molar-refractivity contribution in [1.29, 1.82) is 0 Å². The number of aliphatic hydroxyl groups excluding tert-OH is 2. The smallest absolute Gasteiger partial charge is 0.359 e. The van der Waals surface area contributed by atoms with Crippen molar-refractivity contribution in [3.05, 3.63) is 30.6 Å². The van der Waals surface area contributed by atoms with Gasteiger partial charge in [0.15, 0.2) is 11.6 Å². The summed E-state index contributed by atoms with van der Waals surface area (Å²) in [4.78, 5) is 35.8. The summed E-state index contributed by atoms with van der Waals surface area (Å²) >= 11 is 1.71. The number of nitrogens with zero attached hydrogens (tertiary/aromatic N) is 1. The Labute approximate surface area is 180 Å². The predicted octanol–water partition coefficient (Wildman–Crippen LogP) is 0.250. The van der Waals surface area contributed by atoms with Crippen LogP contribution in [0.1, 0.15) is 46.3 Å². The van der Waals surface area contributed by atoms with E-state index in [9.17, 15) is 34.4 Å². The first kappa shape index (κ1) is 24.7. The fraction of sp³-hybridized carbons (Fsp3) is 0.750. The number of aromatic amines is 1. The Morgan fingerprint density at radius 1 is 1.34 bits per heavy atom. The van der Waals surface area contributed by atoms with Crippen LogP contribution in [0, 0.1) is 3.57 Å². The number of aliphatic hydroxyl groups is 3. The minimum absolute atomic E-state index is 0.0150. The fourth-order valence-corrected chi connectivity index (χ4v) is 5.17. The Bertz CT molecular complexity index is 884. The van der Waals surface area contributed by atoms with E-state index in [1.165, 1.54) is 13.1 Å². The van der Waals surface area contributed by atoms with Gasteiger partial charge in [0.25, 0.3) is 5.56 Å². The quantitative estimate of drug-likeness (QED) is 0.226. The van der Waals surface area contributed by atoms with E-state index in [0.717, 1.165) is 4.57 Å². The molecule has 1 saturated heterocycles. The first-order chi connectivity index (χ1) is 13.4. The van der Waals surface area contributed by atoms with E-state index in [4.69, 9.17) is 9.26 Å². The third kappa shape index (κ3) is 5.01. The van der Waals surface area contributed by atoms with Gasteiger partial charge in [0.1, 0.15) is 12.2 Å². The third-order valence-corrected chi connectivity index (χ3v) is 8.18. The minimum Gasteiger partial charge on any atom is -0.388 e. The average molecular weight is 548 g/mol. The van der Waals surface area contributed by atoms with Crippen LogP contribution in [0.25, 0.3) is 0 Å². The van der Waals surface area contributed by atoms with Gasteiger partial charge in [-0.3, -0.25) is 18.9 Å². The zero-order valence-electron chi connectivity index (χ0n) is 16.2. The lowest BCUT2D eigenvalue weighted by molar-refractivity contribution is -0.0515. The first-order valence-corrected chi connectivity index (χ1v) is 11.8. The van der Waals surface area contributed by atoms with Crippen LogP contribution >= 0.6 is 30.2 Å². The van der Waals surface area contributed by atoms with Crippen LogP contribution in [0.2, 0.25) is 0 Å². The van der Waals surface area contributed by atoms with E-state index in [-0.39, 0.29) is 22.8 Å². The average Bonchev–Trinajstić information content (AvgIpc) is 2.91. The molecule has 1 aliphatic heterocycles. The number of H-pyrrole nitrogens is 1. The Hall–Kier alpha value is -0.600. The van der Waals surface area contributed by atoms with E-state index in [1.54, 1.807) is 36.4 Å². The largest absolute Gasteiger partial charge is 0.388 e. The minimum atomic E-state index is -4.40. The van der Waals surface area contributed by atoms with E-state index in [0.29, 0.717) is 0 Å². The molecular weight excluding hydrogens is 522 g/mol. The van der Waals surface area contributed by atoms with Crippen molar-refractivity contribution in [2.45, 2.75) is 76.0 Å². The highest BCUT2D eigenvalue weighted by Crippen LogP contribution is 2.58. The molecule has 166 valence electrons. The highest BCUT2D eigenvalue weighted by atomic mass is 127. The van der Waals surface area contributed by atoms with E-state index in [1.807, 2.05) is 0 Å². The summed E-state index contributed by atoms with van der Waals surface area (Å²) in [6.07, 6.45) is -4.92. The molecule has 0 saturated carbocycles. The molecule has 6 atom stereocenters. The van der Waals surface area contributed by atoms with Gasteiger partial charge in [-0.15, -0.1) is 0 Å². The molecule has 11 nitrogen and oxygen atoms in total. The molecule has 0 amide bonds. The van der Waals surface area contributed by atoms with Crippen molar-refractivity contribution in [2.24, 2.45) is 0 Å². The second kappa shape index (κ2) is 9.27. The molecule has 1 aromatic heterocycles. The van der Waals surface area contributed by atoms with Crippen LogP contribution in [0.4, 0.5) is 0 Å². The van der Waals surface area contributed by atoms with Gasteiger partial charge in [-0.2, -0.15) is 0 Å². The van der Waals surface area contributed by atoms with Gasteiger partial charge in [0, 0.05) is 12.6 Å². The Kier molecular flexibility index (Phi) is 7.88. The van der Waals surface area contributed by atoms with Crippen molar-refractivity contribution in [3.63, 3.8) is 0 Å². The lowest BCUT2D eigenvalue weighted by Crippen LogP contribution is -2.38. The molecule has 1 fully saturated rings. The summed E-state index contributed by atoms with van der Waals surface area (Å²) in [5.74, 6) is 0. The van der Waals surface area contributed by atoms with Crippen molar-refractivity contribution in [3.8, 4) is 0 Å². The van der Waals surface area contributed by atoms with Crippen molar-refractivity contribution in [2.75, 3.05) is 0 Å². The van der Waals surface area contributed by atoms with Gasteiger partial charge in [0.2, 0.25) is 0 Å². The molecule has 1 aromatic rings. The van der Waals surface area contributed by atoms with Gasteiger partial charge in [-0.25, -0.2) is 4.79 Å². The van der Waals surface area contributed by atoms with Gasteiger partial charge < -0.3 is 29.5 Å². The summed E-state index contributed by atoms with van der Waals surface area (Å²) in [7, 11) is -4.40. The SMILES string of the molecule is CCC(O)(CC)P(=O)(O)OC(C)C[C@H]1O[C@@H](n2cc(I)c(=O)[nH]c2=O)[C@H](O)[C@@H]1O. The topological polar surface area (TPSA) is 171 Å². The third-order valence-electron chi connectivity index (χ3n) is 5.08. The maximum atomic E-state index is 12.5. The molecule has 5 N–H and O–H groups in total. The van der Waals surface area contributed by atoms with Crippen LogP contribution in [-0.2, 0) is 13.8 Å². The van der Waals surface area contributed by atoms with E-state index >= 15 is 0 Å². The number of aromatic nitrogens is 2. The Balaban J connectivity index is 2.15. The van der Waals surface area contributed by atoms with Gasteiger partial charge in [-0.05, 0) is 42.4 Å². The van der Waals surface area contributed by atoms with Gasteiger partial charge in [-0.1, -0.05) is 13.8 Å². The van der Waals surface area contributed by atoms with Crippen LogP contribution in [0.15, 0.2) is 15.8 Å². The lowest BCUT2D eigenvalue weighted by Gasteiger charge is -2.32. The number of halogens is 1. The molecule has 0 aromatic carbocycles. The standard InChI is InChI=1S/C16H26IN2O9P/c1-4-16(24,5-2)29(25,26)28-8(3)6-10-11(20)12(21)14(27-10)19-7-9(17)13(22)18-15(19)23/h7-8,10-12,14,20-21,24H,4-6H2,1-3H3,(H,25,26)(H,18,22,23)/t8?,10-,11-,12-,14-/m1/s1. The van der Waals surface area contributed by atoms with Gasteiger partial charge in [0.05, 0.1) is 15.8 Å². The zero-order chi connectivity index (χ0) is 22.1. The van der Waals surface area contributed by atoms with Crippen molar-refractivity contribution >= 4 is 30.2 Å². The molecule has 0 spiro atoms. The lowest BCUT2D eigenvalue weighted by atomic mass is 10.1. The molecule has 29 heavy (non-hydrogen) atoms. The molecule has 0 bridgehead atoms. The molecule has 13 heteroatoms. The molecule has 0 radical (unpaired) electrons. The Morgan fingerprint density at radius 2 is 1.93 bits per heavy atom. The second-order valence-corrected chi connectivity index (χ2v) is 10.3. The summed E-state index contributed by atoms with van der Waals surface area (Å²) in [5.41, 5.74) is -1.40. The highest BCUT2D eigenvalue weighted by molar-refractivity contribution is 14.1. The number of hydrogen-bond acceptors (Lipinski definition) is 8. The number of rotatable bonds is 8. The maximum absolute atomic E-state index is 12.5. The second-order valence-electron chi connectivity index (χ2n) is 7.05. The number of hydrogen-bond donors (Lipinski definition) is 5. The van der Waals surface area contributed by atoms with Crippen LogP contribution in [-0.4, -0.2) is 59.5 Å². The van der Waals surface area contributed by atoms with Crippen LogP contribution < -0.4 is 11.2 Å². The maximum Gasteiger partial charge on any atom is 0.359 e. The monoisotopic (exact) mass is 548 g/mol. The molecule has 2 unspecified atom stereocenters.